The molecule has 0 aromatic carbocycles. The summed E-state index contributed by atoms with van der Waals surface area (Å²) in [6.07, 6.45) is 11.7. The third-order valence-corrected chi connectivity index (χ3v) is 2.30. The van der Waals surface area contributed by atoms with Crippen LogP contribution in [0.4, 0.5) is 0 Å². The fourth-order valence-electron chi connectivity index (χ4n) is 1.30. The van der Waals surface area contributed by atoms with Crippen LogP contribution in [-0.2, 0) is 4.79 Å². The van der Waals surface area contributed by atoms with E-state index >= 15 is 0 Å². The van der Waals surface area contributed by atoms with Gasteiger partial charge < -0.3 is 5.32 Å². The Hall–Kier alpha value is -0.790. The van der Waals surface area contributed by atoms with Crippen LogP contribution in [0.2, 0.25) is 0 Å². The molecule has 0 aliphatic carbocycles. The van der Waals surface area contributed by atoms with Gasteiger partial charge in [0.2, 0.25) is 5.91 Å². The molecule has 0 saturated heterocycles. The average molecular weight is 211 g/mol. The molecule has 0 heterocycles. The lowest BCUT2D eigenvalue weighted by atomic mass is 10.2. The molecule has 0 saturated carbocycles. The Labute approximate surface area is 94.1 Å². The van der Waals surface area contributed by atoms with Gasteiger partial charge in [-0.2, -0.15) is 0 Å². The van der Waals surface area contributed by atoms with Crippen molar-refractivity contribution in [2.75, 3.05) is 6.54 Å². The average Bonchev–Trinajstić information content (AvgIpc) is 2.23. The fraction of sp³-hybridized carbons (Fsp3) is 0.769. The SMILES string of the molecule is CCCCC/C=C\CC(=O)NCCCC. The number of rotatable bonds is 9. The third-order valence-electron chi connectivity index (χ3n) is 2.30. The Bertz CT molecular complexity index is 175. The van der Waals surface area contributed by atoms with Gasteiger partial charge in [0.25, 0.3) is 0 Å². The van der Waals surface area contributed by atoms with Crippen molar-refractivity contribution in [2.45, 2.75) is 58.8 Å². The summed E-state index contributed by atoms with van der Waals surface area (Å²) >= 11 is 0. The van der Waals surface area contributed by atoms with Gasteiger partial charge in [0.1, 0.15) is 0 Å². The first-order valence-electron chi connectivity index (χ1n) is 6.23. The molecular weight excluding hydrogens is 186 g/mol. The van der Waals surface area contributed by atoms with Crippen molar-refractivity contribution in [1.29, 1.82) is 0 Å². The quantitative estimate of drug-likeness (QED) is 0.459. The zero-order chi connectivity index (χ0) is 11.4. The van der Waals surface area contributed by atoms with Gasteiger partial charge in [-0.3, -0.25) is 4.79 Å². The lowest BCUT2D eigenvalue weighted by Crippen LogP contribution is -2.23. The summed E-state index contributed by atoms with van der Waals surface area (Å²) in [6.45, 7) is 5.14. The second-order valence-corrected chi connectivity index (χ2v) is 3.87. The van der Waals surface area contributed by atoms with Crippen LogP contribution in [0.25, 0.3) is 0 Å². The van der Waals surface area contributed by atoms with E-state index in [2.05, 4.69) is 25.2 Å². The van der Waals surface area contributed by atoms with Gasteiger partial charge in [-0.05, 0) is 19.3 Å². The molecular formula is C13H25NO. The molecule has 0 radical (unpaired) electrons. The van der Waals surface area contributed by atoms with E-state index < -0.39 is 0 Å². The fourth-order valence-corrected chi connectivity index (χ4v) is 1.30. The molecule has 0 aliphatic rings. The minimum atomic E-state index is 0.148. The number of hydrogen-bond acceptors (Lipinski definition) is 1. The molecule has 0 aromatic heterocycles. The number of nitrogens with one attached hydrogen (secondary N) is 1. The van der Waals surface area contributed by atoms with Gasteiger partial charge in [-0.15, -0.1) is 0 Å². The molecule has 2 heteroatoms. The van der Waals surface area contributed by atoms with E-state index in [0.29, 0.717) is 6.42 Å². The van der Waals surface area contributed by atoms with Gasteiger partial charge in [-0.25, -0.2) is 0 Å². The summed E-state index contributed by atoms with van der Waals surface area (Å²) in [5.41, 5.74) is 0. The molecule has 0 bridgehead atoms. The number of unbranched alkanes of at least 4 members (excludes halogenated alkanes) is 4. The van der Waals surface area contributed by atoms with Gasteiger partial charge in [-0.1, -0.05) is 45.3 Å². The molecule has 0 atom stereocenters. The smallest absolute Gasteiger partial charge is 0.223 e. The molecule has 1 amide bonds. The highest BCUT2D eigenvalue weighted by molar-refractivity contribution is 5.77. The maximum atomic E-state index is 11.2. The normalized spacial score (nSPS) is 10.8. The first-order chi connectivity index (χ1) is 7.31. The molecule has 0 aliphatic heterocycles. The van der Waals surface area contributed by atoms with Crippen molar-refractivity contribution in [1.82, 2.24) is 5.32 Å². The van der Waals surface area contributed by atoms with E-state index in [1.54, 1.807) is 0 Å². The number of amides is 1. The molecule has 0 spiro atoms. The molecule has 2 nitrogen and oxygen atoms in total. The van der Waals surface area contributed by atoms with E-state index in [1.165, 1.54) is 19.3 Å². The maximum Gasteiger partial charge on any atom is 0.223 e. The van der Waals surface area contributed by atoms with Gasteiger partial charge in [0.15, 0.2) is 0 Å². The lowest BCUT2D eigenvalue weighted by molar-refractivity contribution is -0.120. The van der Waals surface area contributed by atoms with E-state index in [-0.39, 0.29) is 5.91 Å². The summed E-state index contributed by atoms with van der Waals surface area (Å²) in [6, 6.07) is 0. The highest BCUT2D eigenvalue weighted by Crippen LogP contribution is 2.00. The summed E-state index contributed by atoms with van der Waals surface area (Å²) in [7, 11) is 0. The third kappa shape index (κ3) is 11.1. The lowest BCUT2D eigenvalue weighted by Gasteiger charge is -2.00. The summed E-state index contributed by atoms with van der Waals surface area (Å²) < 4.78 is 0. The number of carbonyl (C=O) groups excluding carboxylic acids is 1. The molecule has 0 rings (SSSR count). The highest BCUT2D eigenvalue weighted by Gasteiger charge is 1.95. The van der Waals surface area contributed by atoms with E-state index in [1.807, 2.05) is 6.08 Å². The zero-order valence-corrected chi connectivity index (χ0v) is 10.2. The van der Waals surface area contributed by atoms with E-state index in [4.69, 9.17) is 0 Å². The highest BCUT2D eigenvalue weighted by atomic mass is 16.1. The van der Waals surface area contributed by atoms with Gasteiger partial charge >= 0.3 is 0 Å². The number of allylic oxidation sites excluding steroid dienone is 1. The Balaban J connectivity index is 3.28. The molecule has 0 fully saturated rings. The van der Waals surface area contributed by atoms with Crippen LogP contribution in [0, 0.1) is 0 Å². The van der Waals surface area contributed by atoms with Crippen molar-refractivity contribution < 1.29 is 4.79 Å². The maximum absolute atomic E-state index is 11.2. The Kier molecular flexibility index (Phi) is 10.7. The summed E-state index contributed by atoms with van der Waals surface area (Å²) in [4.78, 5) is 11.2. The van der Waals surface area contributed by atoms with Crippen molar-refractivity contribution in [3.05, 3.63) is 12.2 Å². The molecule has 88 valence electrons. The van der Waals surface area contributed by atoms with Crippen molar-refractivity contribution in [3.63, 3.8) is 0 Å². The minimum Gasteiger partial charge on any atom is -0.356 e. The standard InChI is InChI=1S/C13H25NO/c1-3-5-7-8-9-10-11-13(15)14-12-6-4-2/h9-10H,3-8,11-12H2,1-2H3,(H,14,15)/b10-9-. The van der Waals surface area contributed by atoms with Crippen LogP contribution >= 0.6 is 0 Å². The van der Waals surface area contributed by atoms with Crippen LogP contribution in [0.3, 0.4) is 0 Å². The number of carbonyl (C=O) groups is 1. The molecule has 15 heavy (non-hydrogen) atoms. The van der Waals surface area contributed by atoms with Gasteiger partial charge in [0, 0.05) is 13.0 Å². The zero-order valence-electron chi connectivity index (χ0n) is 10.2. The first-order valence-corrected chi connectivity index (χ1v) is 6.23. The summed E-state index contributed by atoms with van der Waals surface area (Å²) in [5.74, 6) is 0.148. The first kappa shape index (κ1) is 14.2. The predicted molar refractivity (Wildman–Crippen MR) is 65.8 cm³/mol. The minimum absolute atomic E-state index is 0.148. The molecule has 0 aromatic rings. The molecule has 1 N–H and O–H groups in total. The van der Waals surface area contributed by atoms with Crippen LogP contribution in [0.15, 0.2) is 12.2 Å². The van der Waals surface area contributed by atoms with Crippen LogP contribution < -0.4 is 5.32 Å². The van der Waals surface area contributed by atoms with E-state index in [9.17, 15) is 4.79 Å². The topological polar surface area (TPSA) is 29.1 Å². The Morgan fingerprint density at radius 3 is 2.47 bits per heavy atom. The van der Waals surface area contributed by atoms with Crippen LogP contribution in [0.5, 0.6) is 0 Å². The van der Waals surface area contributed by atoms with Crippen molar-refractivity contribution in [3.8, 4) is 0 Å². The Morgan fingerprint density at radius 2 is 1.80 bits per heavy atom. The largest absolute Gasteiger partial charge is 0.356 e. The van der Waals surface area contributed by atoms with Crippen molar-refractivity contribution >= 4 is 5.91 Å². The monoisotopic (exact) mass is 211 g/mol. The molecule has 0 unspecified atom stereocenters. The van der Waals surface area contributed by atoms with Crippen molar-refractivity contribution in [2.24, 2.45) is 0 Å². The van der Waals surface area contributed by atoms with Crippen LogP contribution in [0.1, 0.15) is 58.8 Å². The second kappa shape index (κ2) is 11.3. The predicted octanol–water partition coefficient (Wildman–Crippen LogP) is 3.43. The van der Waals surface area contributed by atoms with Gasteiger partial charge in [0.05, 0.1) is 0 Å². The Morgan fingerprint density at radius 1 is 1.07 bits per heavy atom. The second-order valence-electron chi connectivity index (χ2n) is 3.87. The van der Waals surface area contributed by atoms with Crippen LogP contribution in [-0.4, -0.2) is 12.5 Å². The number of hydrogen-bond donors (Lipinski definition) is 1. The summed E-state index contributed by atoms with van der Waals surface area (Å²) in [5, 5.41) is 2.90. The van der Waals surface area contributed by atoms with E-state index in [0.717, 1.165) is 25.8 Å².